The van der Waals surface area contributed by atoms with E-state index in [1.807, 2.05) is 0 Å². The maximum absolute atomic E-state index is 12.3. The number of nitrogens with zero attached hydrogens (tertiary/aromatic N) is 2. The number of hydrogen-bond acceptors (Lipinski definition) is 7. The van der Waals surface area contributed by atoms with Crippen LogP contribution in [0.4, 0.5) is 0 Å². The second kappa shape index (κ2) is 10.5. The average Bonchev–Trinajstić information content (AvgIpc) is 3.01. The van der Waals surface area contributed by atoms with Crippen LogP contribution < -0.4 is 11.1 Å². The van der Waals surface area contributed by atoms with Gasteiger partial charge in [0.1, 0.15) is 29.2 Å². The molecule has 0 bridgehead atoms. The zero-order valence-corrected chi connectivity index (χ0v) is 20.1. The van der Waals surface area contributed by atoms with Gasteiger partial charge in [0, 0.05) is 4.75 Å². The van der Waals surface area contributed by atoms with Crippen molar-refractivity contribution in [2.24, 2.45) is 5.73 Å². The fourth-order valence-corrected chi connectivity index (χ4v) is 5.52. The van der Waals surface area contributed by atoms with Gasteiger partial charge in [0.15, 0.2) is 0 Å². The molecule has 5 N–H and O–H groups in total. The number of carboxylic acids is 1. The Balaban J connectivity index is 0.000000451. The maximum atomic E-state index is 12.3. The van der Waals surface area contributed by atoms with Crippen LogP contribution in [0.5, 0.6) is 5.75 Å². The number of thioether (sulfide) groups is 1. The number of carbonyl (C=O) groups is 3. The lowest BCUT2D eigenvalue weighted by atomic mass is 9.95. The Hall–Kier alpha value is -2.30. The van der Waals surface area contributed by atoms with E-state index in [9.17, 15) is 24.6 Å². The van der Waals surface area contributed by atoms with Crippen LogP contribution in [0.3, 0.4) is 0 Å². The van der Waals surface area contributed by atoms with Crippen molar-refractivity contribution in [2.45, 2.75) is 62.9 Å². The summed E-state index contributed by atoms with van der Waals surface area (Å²) in [6.45, 7) is 13.7. The van der Waals surface area contributed by atoms with Gasteiger partial charge >= 0.3 is 5.97 Å². The van der Waals surface area contributed by atoms with Crippen LogP contribution in [0, 0.1) is 0 Å². The first-order valence-corrected chi connectivity index (χ1v) is 11.7. The Labute approximate surface area is 193 Å². The summed E-state index contributed by atoms with van der Waals surface area (Å²) in [5.41, 5.74) is 6.41. The van der Waals surface area contributed by atoms with Gasteiger partial charge in [-0.15, -0.1) is 11.8 Å². The maximum Gasteiger partial charge on any atom is 0.327 e. The highest BCUT2D eigenvalue weighted by molar-refractivity contribution is 8.01. The summed E-state index contributed by atoms with van der Waals surface area (Å²) in [5, 5.41) is 20.9. The van der Waals surface area contributed by atoms with Crippen molar-refractivity contribution >= 4 is 29.5 Å². The van der Waals surface area contributed by atoms with Crippen LogP contribution in [0.15, 0.2) is 24.3 Å². The summed E-state index contributed by atoms with van der Waals surface area (Å²) in [4.78, 5) is 39.8. The largest absolute Gasteiger partial charge is 0.508 e. The molecule has 9 nitrogen and oxygen atoms in total. The number of phenols is 1. The van der Waals surface area contributed by atoms with E-state index in [1.165, 1.54) is 60.6 Å². The molecule has 10 heteroatoms. The number of fused-ring (bicyclic) bond motifs is 1. The van der Waals surface area contributed by atoms with Crippen LogP contribution in [0.1, 0.15) is 46.2 Å². The first-order chi connectivity index (χ1) is 15.0. The van der Waals surface area contributed by atoms with Crippen molar-refractivity contribution < 1.29 is 24.6 Å². The molecule has 0 spiro atoms. The summed E-state index contributed by atoms with van der Waals surface area (Å²) < 4.78 is -0.648. The number of carbonyl (C=O) groups excluding carboxylic acids is 2. The zero-order chi connectivity index (χ0) is 24.2. The van der Waals surface area contributed by atoms with Crippen molar-refractivity contribution in [3.05, 3.63) is 29.8 Å². The molecular formula is C22H34N4O5S. The molecule has 2 amide bonds. The Bertz CT molecular complexity index is 823. The van der Waals surface area contributed by atoms with E-state index in [2.05, 4.69) is 31.0 Å². The minimum Gasteiger partial charge on any atom is -0.508 e. The summed E-state index contributed by atoms with van der Waals surface area (Å²) in [7, 11) is 0. The van der Waals surface area contributed by atoms with E-state index < -0.39 is 46.0 Å². The summed E-state index contributed by atoms with van der Waals surface area (Å²) in [5.74, 6) is -1.94. The third-order valence-electron chi connectivity index (χ3n) is 5.85. The van der Waals surface area contributed by atoms with Gasteiger partial charge in [-0.05, 0) is 51.2 Å². The molecular weight excluding hydrogens is 432 g/mol. The van der Waals surface area contributed by atoms with Crippen LogP contribution in [0.2, 0.25) is 0 Å². The first kappa shape index (κ1) is 26.0. The number of phenolic OH excluding ortho intramolecular Hbond substituents is 1. The Kier molecular flexibility index (Phi) is 8.55. The van der Waals surface area contributed by atoms with Crippen LogP contribution >= 0.6 is 11.8 Å². The Morgan fingerprint density at radius 3 is 2.16 bits per heavy atom. The fraction of sp³-hybridized carbons (Fsp3) is 0.591. The van der Waals surface area contributed by atoms with Gasteiger partial charge in [0.25, 0.3) is 0 Å². The molecule has 1 aromatic carbocycles. The number of aromatic hydroxyl groups is 1. The normalized spacial score (nSPS) is 24.2. The average molecular weight is 467 g/mol. The van der Waals surface area contributed by atoms with Crippen LogP contribution in [0.25, 0.3) is 0 Å². The monoisotopic (exact) mass is 466 g/mol. The molecule has 2 heterocycles. The van der Waals surface area contributed by atoms with Gasteiger partial charge in [-0.3, -0.25) is 9.59 Å². The van der Waals surface area contributed by atoms with E-state index in [1.54, 1.807) is 13.8 Å². The van der Waals surface area contributed by atoms with Gasteiger partial charge in [0.05, 0.1) is 0 Å². The number of hydrogen-bond donors (Lipinski definition) is 4. The predicted molar refractivity (Wildman–Crippen MR) is 124 cm³/mol. The second-order valence-corrected chi connectivity index (χ2v) is 10.0. The van der Waals surface area contributed by atoms with Gasteiger partial charge in [-0.2, -0.15) is 0 Å². The quantitative estimate of drug-likeness (QED) is 0.443. The lowest BCUT2D eigenvalue weighted by Crippen LogP contribution is -2.71. The van der Waals surface area contributed by atoms with E-state index in [-0.39, 0.29) is 5.75 Å². The van der Waals surface area contributed by atoms with Crippen molar-refractivity contribution in [1.29, 1.82) is 0 Å². The van der Waals surface area contributed by atoms with E-state index >= 15 is 0 Å². The SMILES string of the molecule is CC1(C)S[C@@H]2[C@H](NC(=O)C(N)c3ccc(O)cc3)C(=O)N2[C@H]1C(=O)O.CCN(CC)CC. The van der Waals surface area contributed by atoms with E-state index in [0.29, 0.717) is 5.56 Å². The number of β-lactam (4-membered cyclic amide) rings is 1. The zero-order valence-electron chi connectivity index (χ0n) is 19.2. The molecule has 0 aliphatic carbocycles. The third kappa shape index (κ3) is 5.36. The number of carboxylic acid groups (broad SMARTS) is 1. The minimum atomic E-state index is -1.06. The highest BCUT2D eigenvalue weighted by Crippen LogP contribution is 2.50. The number of amides is 2. The van der Waals surface area contributed by atoms with Crippen molar-refractivity contribution in [3.8, 4) is 5.75 Å². The number of nitrogens with one attached hydrogen (secondary N) is 1. The minimum absolute atomic E-state index is 0.0606. The highest BCUT2D eigenvalue weighted by atomic mass is 32.2. The summed E-state index contributed by atoms with van der Waals surface area (Å²) >= 11 is 1.35. The van der Waals surface area contributed by atoms with Crippen molar-refractivity contribution in [1.82, 2.24) is 15.1 Å². The molecule has 1 aromatic rings. The molecule has 2 aliphatic rings. The van der Waals surface area contributed by atoms with Crippen LogP contribution in [-0.4, -0.2) is 79.6 Å². The second-order valence-electron chi connectivity index (χ2n) is 8.27. The molecule has 3 rings (SSSR count). The summed E-state index contributed by atoms with van der Waals surface area (Å²) in [6, 6.07) is 3.21. The van der Waals surface area contributed by atoms with Gasteiger partial charge in [-0.25, -0.2) is 4.79 Å². The Morgan fingerprint density at radius 1 is 1.19 bits per heavy atom. The van der Waals surface area contributed by atoms with Crippen molar-refractivity contribution in [2.75, 3.05) is 19.6 Å². The van der Waals surface area contributed by atoms with Gasteiger partial charge in [-0.1, -0.05) is 32.9 Å². The molecule has 0 radical (unpaired) electrons. The molecule has 0 aromatic heterocycles. The molecule has 178 valence electrons. The third-order valence-corrected chi connectivity index (χ3v) is 7.42. The lowest BCUT2D eigenvalue weighted by Gasteiger charge is -2.43. The topological polar surface area (TPSA) is 136 Å². The molecule has 4 atom stereocenters. The number of benzene rings is 1. The Morgan fingerprint density at radius 2 is 1.72 bits per heavy atom. The standard InChI is InChI=1S/C16H19N3O5S.C6H15N/c1-16(2)11(15(23)24)19-13(22)10(14(19)25-16)18-12(21)9(17)7-3-5-8(20)6-4-7;1-4-7(5-2)6-3/h3-6,9-11,14,20H,17H2,1-2H3,(H,18,21)(H,23,24);4-6H2,1-3H3/t9?,10-,11+,14-;/m1./s1. The molecule has 2 aliphatic heterocycles. The number of nitrogens with two attached hydrogens (primary N) is 1. The first-order valence-electron chi connectivity index (χ1n) is 10.8. The number of rotatable bonds is 7. The highest BCUT2D eigenvalue weighted by Gasteiger charge is 2.64. The number of aliphatic carboxylic acids is 1. The van der Waals surface area contributed by atoms with E-state index in [0.717, 1.165) is 0 Å². The smallest absolute Gasteiger partial charge is 0.327 e. The van der Waals surface area contributed by atoms with Gasteiger partial charge < -0.3 is 31.1 Å². The van der Waals surface area contributed by atoms with E-state index in [4.69, 9.17) is 5.73 Å². The van der Waals surface area contributed by atoms with Gasteiger partial charge in [0.2, 0.25) is 11.8 Å². The molecule has 0 saturated carbocycles. The summed E-state index contributed by atoms with van der Waals surface area (Å²) in [6.07, 6.45) is 0. The molecule has 2 fully saturated rings. The molecule has 1 unspecified atom stereocenters. The lowest BCUT2D eigenvalue weighted by molar-refractivity contribution is -0.161. The molecule has 2 saturated heterocycles. The fourth-order valence-electron chi connectivity index (χ4n) is 3.89. The van der Waals surface area contributed by atoms with Crippen LogP contribution in [-0.2, 0) is 14.4 Å². The predicted octanol–water partition coefficient (Wildman–Crippen LogP) is 1.37. The molecule has 32 heavy (non-hydrogen) atoms. The van der Waals surface area contributed by atoms with Crippen molar-refractivity contribution in [3.63, 3.8) is 0 Å².